The molecule has 0 saturated carbocycles. The molecule has 7 nitrogen and oxygen atoms in total. The lowest BCUT2D eigenvalue weighted by Gasteiger charge is -2.13. The molecule has 0 aliphatic heterocycles. The molecule has 0 radical (unpaired) electrons. The van der Waals surface area contributed by atoms with Gasteiger partial charge in [0.25, 0.3) is 0 Å². The number of hydrogen-bond acceptors (Lipinski definition) is 6. The Morgan fingerprint density at radius 3 is 2.55 bits per heavy atom. The van der Waals surface area contributed by atoms with E-state index in [0.29, 0.717) is 16.7 Å². The van der Waals surface area contributed by atoms with E-state index in [1.54, 1.807) is 24.3 Å². The second kappa shape index (κ2) is 8.79. The van der Waals surface area contributed by atoms with Crippen LogP contribution < -0.4 is 20.4 Å². The van der Waals surface area contributed by atoms with Gasteiger partial charge in [0.05, 0.1) is 0 Å². The molecule has 0 spiro atoms. The molecule has 0 saturated heterocycles. The summed E-state index contributed by atoms with van der Waals surface area (Å²) in [7, 11) is 0. The highest BCUT2D eigenvalue weighted by atomic mass is 35.5. The van der Waals surface area contributed by atoms with Crippen molar-refractivity contribution in [3.63, 3.8) is 0 Å². The molecule has 1 amide bonds. The van der Waals surface area contributed by atoms with Crippen LogP contribution in [0.15, 0.2) is 57.7 Å². The van der Waals surface area contributed by atoms with Crippen LogP contribution in [0.1, 0.15) is 19.4 Å². The highest BCUT2D eigenvalue weighted by Gasteiger charge is 2.18. The zero-order chi connectivity index (χ0) is 21.0. The third-order valence-corrected chi connectivity index (χ3v) is 4.43. The monoisotopic (exact) mass is 415 g/mol. The van der Waals surface area contributed by atoms with Gasteiger partial charge in [-0.2, -0.15) is 0 Å². The summed E-state index contributed by atoms with van der Waals surface area (Å²) in [6.07, 6.45) is 0. The number of benzene rings is 2. The lowest BCUT2D eigenvalue weighted by molar-refractivity contribution is -0.138. The summed E-state index contributed by atoms with van der Waals surface area (Å²) in [5.41, 5.74) is -0.0595. The van der Waals surface area contributed by atoms with Crippen LogP contribution in [0.2, 0.25) is 5.02 Å². The number of esters is 1. The van der Waals surface area contributed by atoms with E-state index in [0.717, 1.165) is 0 Å². The first kappa shape index (κ1) is 20.4. The number of para-hydroxylation sites is 1. The molecule has 1 N–H and O–H groups in total. The Kier molecular flexibility index (Phi) is 6.19. The maximum Gasteiger partial charge on any atom is 0.355 e. The summed E-state index contributed by atoms with van der Waals surface area (Å²) in [5, 5.41) is 2.92. The zero-order valence-corrected chi connectivity index (χ0v) is 16.5. The fraction of sp³-hybridized carbons (Fsp3) is 0.190. The maximum absolute atomic E-state index is 12.1. The van der Waals surface area contributed by atoms with Gasteiger partial charge in [0.2, 0.25) is 5.91 Å². The van der Waals surface area contributed by atoms with E-state index >= 15 is 0 Å². The second-order valence-corrected chi connectivity index (χ2v) is 6.66. The Balaban J connectivity index is 1.87. The fourth-order valence-corrected chi connectivity index (χ4v) is 2.86. The molecule has 0 aliphatic carbocycles. The average Bonchev–Trinajstić information content (AvgIpc) is 2.68. The number of halogens is 1. The highest BCUT2D eigenvalue weighted by molar-refractivity contribution is 6.31. The zero-order valence-electron chi connectivity index (χ0n) is 15.7. The van der Waals surface area contributed by atoms with Crippen LogP contribution in [-0.4, -0.2) is 17.9 Å². The minimum atomic E-state index is -0.824. The smallest absolute Gasteiger partial charge is 0.355 e. The van der Waals surface area contributed by atoms with Crippen molar-refractivity contribution in [1.82, 2.24) is 5.32 Å². The first-order chi connectivity index (χ1) is 13.8. The highest BCUT2D eigenvalue weighted by Crippen LogP contribution is 2.28. The second-order valence-electron chi connectivity index (χ2n) is 6.29. The Morgan fingerprint density at radius 2 is 1.86 bits per heavy atom. The maximum atomic E-state index is 12.1. The molecule has 1 aromatic heterocycles. The van der Waals surface area contributed by atoms with Gasteiger partial charge in [0, 0.05) is 23.9 Å². The van der Waals surface area contributed by atoms with Crippen LogP contribution in [0.5, 0.6) is 11.5 Å². The molecule has 0 fully saturated rings. The van der Waals surface area contributed by atoms with Gasteiger partial charge in [0.1, 0.15) is 34.8 Å². The first-order valence-corrected chi connectivity index (χ1v) is 9.15. The van der Waals surface area contributed by atoms with E-state index in [4.69, 9.17) is 25.5 Å². The van der Waals surface area contributed by atoms with E-state index in [1.807, 2.05) is 18.2 Å². The molecule has 1 unspecified atom stereocenters. The minimum Gasteiger partial charge on any atom is -0.489 e. The van der Waals surface area contributed by atoms with Gasteiger partial charge in [-0.05, 0) is 31.2 Å². The quantitative estimate of drug-likeness (QED) is 0.376. The lowest BCUT2D eigenvalue weighted by atomic mass is 10.1. The molecule has 1 atom stereocenters. The van der Waals surface area contributed by atoms with Gasteiger partial charge >= 0.3 is 11.6 Å². The van der Waals surface area contributed by atoms with Crippen LogP contribution in [0.4, 0.5) is 0 Å². The number of rotatable bonds is 6. The summed E-state index contributed by atoms with van der Waals surface area (Å²) in [4.78, 5) is 35.2. The molecule has 0 bridgehead atoms. The fourth-order valence-electron chi connectivity index (χ4n) is 2.67. The number of nitrogens with one attached hydrogen (secondary N) is 1. The van der Waals surface area contributed by atoms with Crippen LogP contribution in [0.25, 0.3) is 11.0 Å². The van der Waals surface area contributed by atoms with E-state index in [1.165, 1.54) is 19.9 Å². The van der Waals surface area contributed by atoms with E-state index in [9.17, 15) is 14.4 Å². The van der Waals surface area contributed by atoms with Crippen molar-refractivity contribution in [2.45, 2.75) is 26.5 Å². The van der Waals surface area contributed by atoms with Crippen LogP contribution in [0, 0.1) is 0 Å². The Labute approximate surface area is 171 Å². The Hall–Kier alpha value is -3.32. The Morgan fingerprint density at radius 1 is 1.14 bits per heavy atom. The number of carbonyl (C=O) groups is 2. The molecule has 8 heteroatoms. The summed E-state index contributed by atoms with van der Waals surface area (Å²) in [5.74, 6) is -0.206. The van der Waals surface area contributed by atoms with Gasteiger partial charge < -0.3 is 19.2 Å². The predicted octanol–water partition coefficient (Wildman–Crippen LogP) is 3.46. The number of carbonyl (C=O) groups excluding carboxylic acids is 2. The van der Waals surface area contributed by atoms with Gasteiger partial charge in [0.15, 0.2) is 0 Å². The SMILES string of the molecule is CC(=O)NC(C)C(=O)Oc1ccc2c(COc3ccccc3)c(Cl)c(=O)oc2c1. The van der Waals surface area contributed by atoms with E-state index in [2.05, 4.69) is 5.32 Å². The molecule has 3 aromatic rings. The summed E-state index contributed by atoms with van der Waals surface area (Å²) in [6, 6.07) is 12.9. The summed E-state index contributed by atoms with van der Waals surface area (Å²) in [6.45, 7) is 2.87. The van der Waals surface area contributed by atoms with Crippen molar-refractivity contribution in [1.29, 1.82) is 0 Å². The largest absolute Gasteiger partial charge is 0.489 e. The lowest BCUT2D eigenvalue weighted by Crippen LogP contribution is -2.39. The predicted molar refractivity (Wildman–Crippen MR) is 107 cm³/mol. The van der Waals surface area contributed by atoms with Crippen molar-refractivity contribution >= 4 is 34.4 Å². The van der Waals surface area contributed by atoms with Crippen molar-refractivity contribution < 1.29 is 23.5 Å². The first-order valence-electron chi connectivity index (χ1n) is 8.77. The molecule has 3 rings (SSSR count). The summed E-state index contributed by atoms with van der Waals surface area (Å²) < 4.78 is 16.2. The minimum absolute atomic E-state index is 0.0592. The van der Waals surface area contributed by atoms with Crippen LogP contribution >= 0.6 is 11.6 Å². The van der Waals surface area contributed by atoms with Crippen molar-refractivity contribution in [2.75, 3.05) is 0 Å². The van der Waals surface area contributed by atoms with Crippen LogP contribution in [-0.2, 0) is 16.2 Å². The van der Waals surface area contributed by atoms with Gasteiger partial charge in [-0.25, -0.2) is 9.59 Å². The van der Waals surface area contributed by atoms with Gasteiger partial charge in [-0.1, -0.05) is 29.8 Å². The van der Waals surface area contributed by atoms with Crippen molar-refractivity contribution in [3.8, 4) is 11.5 Å². The molecule has 2 aromatic carbocycles. The third kappa shape index (κ3) is 4.94. The topological polar surface area (TPSA) is 94.8 Å². The summed E-state index contributed by atoms with van der Waals surface area (Å²) >= 11 is 6.14. The molecular weight excluding hydrogens is 398 g/mol. The molecule has 29 heavy (non-hydrogen) atoms. The number of amides is 1. The third-order valence-electron chi connectivity index (χ3n) is 4.04. The van der Waals surface area contributed by atoms with Gasteiger partial charge in [-0.15, -0.1) is 0 Å². The molecule has 150 valence electrons. The van der Waals surface area contributed by atoms with Crippen molar-refractivity contribution in [2.24, 2.45) is 0 Å². The average molecular weight is 416 g/mol. The van der Waals surface area contributed by atoms with Crippen molar-refractivity contribution in [3.05, 3.63) is 69.5 Å². The molecule has 0 aliphatic rings. The number of fused-ring (bicyclic) bond motifs is 1. The molecular formula is C21H18ClNO6. The van der Waals surface area contributed by atoms with E-state index < -0.39 is 17.6 Å². The molecule has 1 heterocycles. The normalized spacial score (nSPS) is 11.7. The standard InChI is InChI=1S/C21H18ClNO6/c1-12(23-13(2)24)20(25)28-15-8-9-16-17(11-27-14-6-4-3-5-7-14)19(22)21(26)29-18(16)10-15/h3-10,12H,11H2,1-2H3,(H,23,24). The number of ether oxygens (including phenoxy) is 2. The van der Waals surface area contributed by atoms with E-state index in [-0.39, 0.29) is 28.9 Å². The van der Waals surface area contributed by atoms with Crippen LogP contribution in [0.3, 0.4) is 0 Å². The Bertz CT molecular complexity index is 1110. The van der Waals surface area contributed by atoms with Gasteiger partial charge in [-0.3, -0.25) is 4.79 Å². The number of hydrogen-bond donors (Lipinski definition) is 1.